The van der Waals surface area contributed by atoms with Crippen LogP contribution in [-0.2, 0) is 25.9 Å². The van der Waals surface area contributed by atoms with Gasteiger partial charge in [0.25, 0.3) is 0 Å². The molecule has 4 rings (SSSR count). The van der Waals surface area contributed by atoms with Crippen LogP contribution in [-0.4, -0.2) is 28.1 Å². The van der Waals surface area contributed by atoms with E-state index in [1.807, 2.05) is 12.1 Å². The van der Waals surface area contributed by atoms with Crippen LogP contribution in [0.5, 0.6) is 11.5 Å². The summed E-state index contributed by atoms with van der Waals surface area (Å²) >= 11 is 0. The number of hydrogen-bond donors (Lipinski definition) is 1. The number of fused-ring (bicyclic) bond motifs is 2. The van der Waals surface area contributed by atoms with Gasteiger partial charge in [0, 0.05) is 31.5 Å². The van der Waals surface area contributed by atoms with Gasteiger partial charge in [0.1, 0.15) is 11.6 Å². The van der Waals surface area contributed by atoms with Gasteiger partial charge < -0.3 is 19.4 Å². The number of nitrogens with zero attached hydrogens (tertiary/aromatic N) is 3. The fourth-order valence-electron chi connectivity index (χ4n) is 3.42. The molecule has 0 fully saturated rings. The quantitative estimate of drug-likeness (QED) is 0.913. The van der Waals surface area contributed by atoms with Crippen molar-refractivity contribution >= 4 is 0 Å². The molecule has 122 valence electrons. The lowest BCUT2D eigenvalue weighted by Gasteiger charge is -2.24. The van der Waals surface area contributed by atoms with Crippen molar-refractivity contribution < 1.29 is 9.47 Å². The highest BCUT2D eigenvalue weighted by molar-refractivity contribution is 5.48. The van der Waals surface area contributed by atoms with Crippen LogP contribution in [0.15, 0.2) is 18.2 Å². The lowest BCUT2D eigenvalue weighted by Crippen LogP contribution is -2.30. The maximum Gasteiger partial charge on any atom is 0.231 e. The minimum atomic E-state index is 0.325. The zero-order valence-electron chi connectivity index (χ0n) is 13.4. The average molecular weight is 314 g/mol. The molecule has 6 heteroatoms. The smallest absolute Gasteiger partial charge is 0.231 e. The van der Waals surface area contributed by atoms with Gasteiger partial charge in [-0.3, -0.25) is 0 Å². The molecule has 0 radical (unpaired) electrons. The summed E-state index contributed by atoms with van der Waals surface area (Å²) < 4.78 is 13.3. The zero-order valence-corrected chi connectivity index (χ0v) is 13.4. The molecular weight excluding hydrogens is 292 g/mol. The number of rotatable bonds is 5. The predicted octanol–water partition coefficient (Wildman–Crippen LogP) is 1.92. The van der Waals surface area contributed by atoms with Crippen LogP contribution in [0.25, 0.3) is 0 Å². The molecule has 0 spiro atoms. The van der Waals surface area contributed by atoms with E-state index in [0.717, 1.165) is 61.2 Å². The summed E-state index contributed by atoms with van der Waals surface area (Å²) in [5.41, 5.74) is 1.16. The highest BCUT2D eigenvalue weighted by atomic mass is 16.7. The van der Waals surface area contributed by atoms with Crippen LogP contribution in [0, 0.1) is 5.92 Å². The van der Waals surface area contributed by atoms with Crippen molar-refractivity contribution in [3.05, 3.63) is 35.4 Å². The lowest BCUT2D eigenvalue weighted by molar-refractivity contribution is 0.173. The second-order valence-electron chi connectivity index (χ2n) is 6.18. The van der Waals surface area contributed by atoms with E-state index in [1.54, 1.807) is 0 Å². The summed E-state index contributed by atoms with van der Waals surface area (Å²) in [6.45, 7) is 5.28. The van der Waals surface area contributed by atoms with Crippen LogP contribution in [0.3, 0.4) is 0 Å². The first-order chi connectivity index (χ1) is 11.3. The Labute approximate surface area is 135 Å². The molecule has 6 nitrogen and oxygen atoms in total. The summed E-state index contributed by atoms with van der Waals surface area (Å²) in [4.78, 5) is 0. The molecule has 1 atom stereocenters. The van der Waals surface area contributed by atoms with Gasteiger partial charge in [0.05, 0.1) is 0 Å². The summed E-state index contributed by atoms with van der Waals surface area (Å²) in [5.74, 6) is 4.61. The van der Waals surface area contributed by atoms with Crippen molar-refractivity contribution in [1.82, 2.24) is 20.1 Å². The van der Waals surface area contributed by atoms with E-state index in [1.165, 1.54) is 6.42 Å². The first kappa shape index (κ1) is 14.5. The zero-order chi connectivity index (χ0) is 15.6. The molecular formula is C17H22N4O2. The molecule has 0 saturated carbocycles. The number of hydrogen-bond acceptors (Lipinski definition) is 5. The normalized spacial score (nSPS) is 18.9. The molecule has 1 N–H and O–H groups in total. The molecule has 0 unspecified atom stereocenters. The van der Waals surface area contributed by atoms with E-state index in [4.69, 9.17) is 9.47 Å². The highest BCUT2D eigenvalue weighted by Gasteiger charge is 2.22. The standard InChI is InChI=1S/C17H22N4O2/c1-2-15-19-20-16-7-6-12(10-21(15)16)8-18-9-13-4-3-5-14-17(13)23-11-22-14/h3-5,12,18H,2,6-11H2,1H3/t12-/m1/s1. The molecule has 1 aromatic heterocycles. The van der Waals surface area contributed by atoms with Gasteiger partial charge in [-0.1, -0.05) is 19.1 Å². The maximum atomic E-state index is 5.56. The SMILES string of the molecule is CCc1nnc2n1C[C@@H](CNCc1cccc3c1OCO3)CC2. The third-order valence-corrected chi connectivity index (χ3v) is 4.66. The highest BCUT2D eigenvalue weighted by Crippen LogP contribution is 2.35. The Bertz CT molecular complexity index is 684. The van der Waals surface area contributed by atoms with Crippen molar-refractivity contribution in [2.24, 2.45) is 5.92 Å². The monoisotopic (exact) mass is 314 g/mol. The van der Waals surface area contributed by atoms with Gasteiger partial charge in [0.15, 0.2) is 11.5 Å². The van der Waals surface area contributed by atoms with Gasteiger partial charge in [-0.25, -0.2) is 0 Å². The van der Waals surface area contributed by atoms with Crippen LogP contribution >= 0.6 is 0 Å². The fraction of sp³-hybridized carbons (Fsp3) is 0.529. The van der Waals surface area contributed by atoms with Crippen LogP contribution in [0.4, 0.5) is 0 Å². The molecule has 3 heterocycles. The van der Waals surface area contributed by atoms with Gasteiger partial charge in [0.2, 0.25) is 6.79 Å². The Kier molecular flexibility index (Phi) is 3.91. The van der Waals surface area contributed by atoms with Crippen molar-refractivity contribution in [2.75, 3.05) is 13.3 Å². The second kappa shape index (κ2) is 6.20. The number of benzene rings is 1. The van der Waals surface area contributed by atoms with Crippen LogP contribution in [0.2, 0.25) is 0 Å². The molecule has 2 aliphatic rings. The van der Waals surface area contributed by atoms with Gasteiger partial charge >= 0.3 is 0 Å². The number of aryl methyl sites for hydroxylation is 2. The molecule has 2 aliphatic heterocycles. The molecule has 2 aromatic rings. The summed E-state index contributed by atoms with van der Waals surface area (Å²) in [7, 11) is 0. The van der Waals surface area contributed by atoms with E-state index >= 15 is 0 Å². The van der Waals surface area contributed by atoms with Crippen molar-refractivity contribution in [3.63, 3.8) is 0 Å². The largest absolute Gasteiger partial charge is 0.454 e. The minimum Gasteiger partial charge on any atom is -0.454 e. The van der Waals surface area contributed by atoms with Crippen LogP contribution in [0.1, 0.15) is 30.6 Å². The number of nitrogens with one attached hydrogen (secondary N) is 1. The topological polar surface area (TPSA) is 61.2 Å². The van der Waals surface area contributed by atoms with E-state index in [0.29, 0.717) is 12.7 Å². The van der Waals surface area contributed by atoms with E-state index in [2.05, 4.69) is 33.1 Å². The second-order valence-corrected chi connectivity index (χ2v) is 6.18. The van der Waals surface area contributed by atoms with Crippen LogP contribution < -0.4 is 14.8 Å². The Hall–Kier alpha value is -2.08. The maximum absolute atomic E-state index is 5.56. The Morgan fingerprint density at radius 1 is 1.30 bits per heavy atom. The van der Waals surface area contributed by atoms with Gasteiger partial charge in [-0.15, -0.1) is 10.2 Å². The van der Waals surface area contributed by atoms with Gasteiger partial charge in [-0.05, 0) is 24.9 Å². The molecule has 0 aliphatic carbocycles. The van der Waals surface area contributed by atoms with Gasteiger partial charge in [-0.2, -0.15) is 0 Å². The minimum absolute atomic E-state index is 0.325. The summed E-state index contributed by atoms with van der Waals surface area (Å²) in [6, 6.07) is 6.06. The third kappa shape index (κ3) is 2.79. The molecule has 0 saturated heterocycles. The van der Waals surface area contributed by atoms with Crippen molar-refractivity contribution in [1.29, 1.82) is 0 Å². The predicted molar refractivity (Wildman–Crippen MR) is 85.5 cm³/mol. The van der Waals surface area contributed by atoms with E-state index < -0.39 is 0 Å². The Morgan fingerprint density at radius 2 is 2.26 bits per heavy atom. The van der Waals surface area contributed by atoms with E-state index in [-0.39, 0.29) is 0 Å². The number of para-hydroxylation sites is 1. The molecule has 0 bridgehead atoms. The number of ether oxygens (including phenoxy) is 2. The molecule has 0 amide bonds. The summed E-state index contributed by atoms with van der Waals surface area (Å²) in [6.07, 6.45) is 3.14. The van der Waals surface area contributed by atoms with Crippen molar-refractivity contribution in [3.8, 4) is 11.5 Å². The number of aromatic nitrogens is 3. The molecule has 23 heavy (non-hydrogen) atoms. The lowest BCUT2D eigenvalue weighted by atomic mass is 9.99. The third-order valence-electron chi connectivity index (χ3n) is 4.66. The Balaban J connectivity index is 1.35. The van der Waals surface area contributed by atoms with Crippen molar-refractivity contribution in [2.45, 2.75) is 39.3 Å². The Morgan fingerprint density at radius 3 is 3.17 bits per heavy atom. The first-order valence-corrected chi connectivity index (χ1v) is 8.34. The molecule has 1 aromatic carbocycles. The first-order valence-electron chi connectivity index (χ1n) is 8.34. The van der Waals surface area contributed by atoms with E-state index in [9.17, 15) is 0 Å². The fourth-order valence-corrected chi connectivity index (χ4v) is 3.42. The average Bonchev–Trinajstić information content (AvgIpc) is 3.21. The summed E-state index contributed by atoms with van der Waals surface area (Å²) in [5, 5.41) is 12.1.